The van der Waals surface area contributed by atoms with Gasteiger partial charge < -0.3 is 14.2 Å². The van der Waals surface area contributed by atoms with Crippen molar-refractivity contribution in [3.8, 4) is 6.07 Å². The zero-order chi connectivity index (χ0) is 17.8. The van der Waals surface area contributed by atoms with E-state index in [2.05, 4.69) is 27.4 Å². The Bertz CT molecular complexity index is 402. The van der Waals surface area contributed by atoms with E-state index in [-0.39, 0.29) is 5.97 Å². The predicted molar refractivity (Wildman–Crippen MR) is 80.4 cm³/mol. The number of methoxy groups -OCH3 is 2. The van der Waals surface area contributed by atoms with E-state index in [1.165, 1.54) is 20.3 Å². The van der Waals surface area contributed by atoms with Gasteiger partial charge in [0.05, 0.1) is 26.9 Å². The van der Waals surface area contributed by atoms with Gasteiger partial charge in [0.25, 0.3) is 0 Å². The Hall–Kier alpha value is -2.88. The highest BCUT2D eigenvalue weighted by Crippen LogP contribution is 1.81. The van der Waals surface area contributed by atoms with Crippen LogP contribution in [0, 0.1) is 11.3 Å². The van der Waals surface area contributed by atoms with Gasteiger partial charge in [-0.15, -0.1) is 0 Å². The molecule has 0 fully saturated rings. The molecule has 0 N–H and O–H groups in total. The fourth-order valence-corrected chi connectivity index (χ4v) is 0.534. The van der Waals surface area contributed by atoms with Gasteiger partial charge in [-0.25, -0.2) is 14.4 Å². The number of rotatable bonds is 5. The third-order valence-electron chi connectivity index (χ3n) is 1.46. The van der Waals surface area contributed by atoms with Crippen molar-refractivity contribution in [3.63, 3.8) is 0 Å². The monoisotopic (exact) mass is 311 g/mol. The Labute approximate surface area is 130 Å². The van der Waals surface area contributed by atoms with E-state index in [1.807, 2.05) is 6.92 Å². The normalized spacial score (nSPS) is 7.91. The van der Waals surface area contributed by atoms with Crippen molar-refractivity contribution in [2.45, 2.75) is 13.3 Å². The number of nitrogens with zero attached hydrogens (tertiary/aromatic N) is 1. The Morgan fingerprint density at radius 3 is 1.68 bits per heavy atom. The standard InChI is InChI=1S/C6H8O4.C6H10O2.C3H3N/c1-9-5(7)3-4-6(8)10-2;1-3-5-8-6(7)4-2;1-2-3-4/h3-4H,1-2H3;4H,2-3,5H2,1H3;2H,1H2/b4-3+;;. The van der Waals surface area contributed by atoms with Crippen molar-refractivity contribution in [2.24, 2.45) is 0 Å². The van der Waals surface area contributed by atoms with Gasteiger partial charge in [0.1, 0.15) is 0 Å². The number of esters is 3. The molecule has 0 aliphatic heterocycles. The summed E-state index contributed by atoms with van der Waals surface area (Å²) < 4.78 is 13.0. The predicted octanol–water partition coefficient (Wildman–Crippen LogP) is 1.71. The summed E-state index contributed by atoms with van der Waals surface area (Å²) in [5.41, 5.74) is 0. The van der Waals surface area contributed by atoms with Crippen LogP contribution in [0.2, 0.25) is 0 Å². The lowest BCUT2D eigenvalue weighted by molar-refractivity contribution is -0.138. The van der Waals surface area contributed by atoms with E-state index in [0.29, 0.717) is 6.61 Å². The minimum atomic E-state index is -0.578. The van der Waals surface area contributed by atoms with Crippen molar-refractivity contribution < 1.29 is 28.6 Å². The summed E-state index contributed by atoms with van der Waals surface area (Å²) in [6.45, 7) is 8.79. The molecular formula is C15H21NO6. The van der Waals surface area contributed by atoms with Crippen LogP contribution >= 0.6 is 0 Å². The Morgan fingerprint density at radius 2 is 1.45 bits per heavy atom. The van der Waals surface area contributed by atoms with Crippen molar-refractivity contribution >= 4 is 17.9 Å². The maximum Gasteiger partial charge on any atom is 0.330 e. The highest BCUT2D eigenvalue weighted by Gasteiger charge is 1.94. The summed E-state index contributed by atoms with van der Waals surface area (Å²) in [4.78, 5) is 30.9. The Morgan fingerprint density at radius 1 is 1.05 bits per heavy atom. The largest absolute Gasteiger partial charge is 0.466 e. The lowest BCUT2D eigenvalue weighted by Crippen LogP contribution is -1.99. The SMILES string of the molecule is C=CC#N.C=CC(=O)OCCC.COC(=O)/C=C/C(=O)OC. The molecule has 0 amide bonds. The molecule has 0 heterocycles. The second-order valence-electron chi connectivity index (χ2n) is 3.08. The zero-order valence-electron chi connectivity index (χ0n) is 13.0. The minimum absolute atomic E-state index is 0.341. The van der Waals surface area contributed by atoms with Gasteiger partial charge in [0.15, 0.2) is 0 Å². The summed E-state index contributed by atoms with van der Waals surface area (Å²) in [6, 6.07) is 1.69. The van der Waals surface area contributed by atoms with Crippen LogP contribution in [0.5, 0.6) is 0 Å². The summed E-state index contributed by atoms with van der Waals surface area (Å²) >= 11 is 0. The quantitative estimate of drug-likeness (QED) is 0.329. The molecule has 0 bridgehead atoms. The van der Waals surface area contributed by atoms with Crippen LogP contribution in [0.15, 0.2) is 37.5 Å². The number of carbonyl (C=O) groups excluding carboxylic acids is 3. The topological polar surface area (TPSA) is 103 Å². The number of allylic oxidation sites excluding steroid dienone is 1. The van der Waals surface area contributed by atoms with Crippen molar-refractivity contribution in [3.05, 3.63) is 37.5 Å². The number of ether oxygens (including phenoxy) is 3. The Kier molecular flexibility index (Phi) is 22.4. The highest BCUT2D eigenvalue weighted by molar-refractivity contribution is 5.91. The molecule has 7 nitrogen and oxygen atoms in total. The van der Waals surface area contributed by atoms with Crippen LogP contribution < -0.4 is 0 Å². The smallest absolute Gasteiger partial charge is 0.330 e. The minimum Gasteiger partial charge on any atom is -0.466 e. The number of hydrogen-bond acceptors (Lipinski definition) is 7. The van der Waals surface area contributed by atoms with E-state index >= 15 is 0 Å². The summed E-state index contributed by atoms with van der Waals surface area (Å²) in [5.74, 6) is -1.50. The summed E-state index contributed by atoms with van der Waals surface area (Å²) in [6.07, 6.45) is 5.19. The molecule has 22 heavy (non-hydrogen) atoms. The first-order chi connectivity index (χ1) is 10.4. The highest BCUT2D eigenvalue weighted by atomic mass is 16.5. The van der Waals surface area contributed by atoms with Crippen LogP contribution in [-0.2, 0) is 28.6 Å². The molecule has 7 heteroatoms. The molecule has 0 saturated heterocycles. The molecule has 0 aliphatic rings. The molecule has 0 aromatic rings. The van der Waals surface area contributed by atoms with Crippen LogP contribution in [-0.4, -0.2) is 38.7 Å². The van der Waals surface area contributed by atoms with Crippen molar-refractivity contribution in [1.82, 2.24) is 0 Å². The number of hydrogen-bond donors (Lipinski definition) is 0. The van der Waals surface area contributed by atoms with E-state index < -0.39 is 11.9 Å². The molecule has 122 valence electrons. The molecule has 0 saturated carbocycles. The van der Waals surface area contributed by atoms with Gasteiger partial charge in [-0.05, 0) is 6.42 Å². The number of carbonyl (C=O) groups is 3. The molecule has 0 radical (unpaired) electrons. The van der Waals surface area contributed by atoms with Crippen LogP contribution in [0.4, 0.5) is 0 Å². The van der Waals surface area contributed by atoms with E-state index in [9.17, 15) is 14.4 Å². The van der Waals surface area contributed by atoms with Crippen LogP contribution in [0.1, 0.15) is 13.3 Å². The third kappa shape index (κ3) is 25.8. The van der Waals surface area contributed by atoms with E-state index in [0.717, 1.165) is 24.6 Å². The van der Waals surface area contributed by atoms with Gasteiger partial charge in [-0.3, -0.25) is 0 Å². The maximum absolute atomic E-state index is 10.3. The molecule has 0 aromatic heterocycles. The lowest BCUT2D eigenvalue weighted by atomic mass is 10.5. The maximum atomic E-state index is 10.3. The van der Waals surface area contributed by atoms with Gasteiger partial charge in [0.2, 0.25) is 0 Å². The molecule has 0 atom stereocenters. The van der Waals surface area contributed by atoms with Crippen LogP contribution in [0.25, 0.3) is 0 Å². The molecular weight excluding hydrogens is 290 g/mol. The third-order valence-corrected chi connectivity index (χ3v) is 1.46. The first kappa shape index (κ1) is 24.2. The molecule has 0 aliphatic carbocycles. The zero-order valence-corrected chi connectivity index (χ0v) is 13.0. The van der Waals surface area contributed by atoms with Crippen LogP contribution in [0.3, 0.4) is 0 Å². The van der Waals surface area contributed by atoms with Gasteiger partial charge >= 0.3 is 17.9 Å². The van der Waals surface area contributed by atoms with E-state index in [4.69, 9.17) is 5.26 Å². The average molecular weight is 311 g/mol. The average Bonchev–Trinajstić information content (AvgIpc) is 2.57. The molecule has 0 unspecified atom stereocenters. The van der Waals surface area contributed by atoms with Gasteiger partial charge in [-0.1, -0.05) is 20.1 Å². The molecule has 0 aromatic carbocycles. The number of nitriles is 1. The summed E-state index contributed by atoms with van der Waals surface area (Å²) in [7, 11) is 2.45. The van der Waals surface area contributed by atoms with Crippen molar-refractivity contribution in [1.29, 1.82) is 5.26 Å². The second-order valence-corrected chi connectivity index (χ2v) is 3.08. The molecule has 0 rings (SSSR count). The Balaban J connectivity index is -0.000000269. The van der Waals surface area contributed by atoms with Gasteiger partial charge in [-0.2, -0.15) is 5.26 Å². The first-order valence-corrected chi connectivity index (χ1v) is 6.07. The fraction of sp³-hybridized carbons (Fsp3) is 0.333. The molecule has 0 spiro atoms. The summed E-state index contributed by atoms with van der Waals surface area (Å²) in [5, 5.41) is 7.51. The first-order valence-electron chi connectivity index (χ1n) is 6.07. The van der Waals surface area contributed by atoms with E-state index in [1.54, 1.807) is 6.07 Å². The fourth-order valence-electron chi connectivity index (χ4n) is 0.534. The second kappa shape index (κ2) is 20.4. The van der Waals surface area contributed by atoms with Crippen molar-refractivity contribution in [2.75, 3.05) is 20.8 Å². The van der Waals surface area contributed by atoms with Gasteiger partial charge in [0, 0.05) is 24.3 Å². The lowest BCUT2D eigenvalue weighted by Gasteiger charge is -1.94.